The third kappa shape index (κ3) is 3.97. The van der Waals surface area contributed by atoms with Crippen molar-refractivity contribution in [3.63, 3.8) is 0 Å². The summed E-state index contributed by atoms with van der Waals surface area (Å²) in [6, 6.07) is 1.26. The Morgan fingerprint density at radius 3 is 2.76 bits per heavy atom. The zero-order valence-corrected chi connectivity index (χ0v) is 14.5. The van der Waals surface area contributed by atoms with Crippen molar-refractivity contribution in [2.75, 3.05) is 19.5 Å². The van der Waals surface area contributed by atoms with Crippen molar-refractivity contribution in [1.29, 1.82) is 0 Å². The van der Waals surface area contributed by atoms with E-state index in [2.05, 4.69) is 40.5 Å². The minimum atomic E-state index is -1.19. The highest BCUT2D eigenvalue weighted by Crippen LogP contribution is 2.40. The van der Waals surface area contributed by atoms with Crippen LogP contribution in [0.1, 0.15) is 12.6 Å². The van der Waals surface area contributed by atoms with Crippen LogP contribution in [-0.4, -0.2) is 57.5 Å². The third-order valence-corrected chi connectivity index (χ3v) is 5.90. The fourth-order valence-electron chi connectivity index (χ4n) is 2.27. The molecule has 2 heterocycles. The summed E-state index contributed by atoms with van der Waals surface area (Å²) in [6.45, 7) is 3.06. The number of rotatable bonds is 4. The molecule has 0 amide bonds. The number of ether oxygens (including phenoxy) is 1. The molecule has 0 aliphatic carbocycles. The number of alkyl halides is 1. The largest absolute Gasteiger partial charge is 0.389 e. The first-order valence-corrected chi connectivity index (χ1v) is 10.6. The maximum absolute atomic E-state index is 11.8. The lowest BCUT2D eigenvalue weighted by Gasteiger charge is -2.19. The van der Waals surface area contributed by atoms with E-state index in [9.17, 15) is 14.7 Å². The van der Waals surface area contributed by atoms with Gasteiger partial charge in [-0.05, 0) is 25.9 Å². The van der Waals surface area contributed by atoms with Crippen LogP contribution in [0.15, 0.2) is 21.9 Å². The molecule has 0 radical (unpaired) electrons. The quantitative estimate of drug-likeness (QED) is 0.595. The molecular formula is C13H20BrN2O4P. The van der Waals surface area contributed by atoms with Gasteiger partial charge < -0.3 is 9.84 Å². The van der Waals surface area contributed by atoms with Gasteiger partial charge in [-0.3, -0.25) is 14.3 Å². The van der Waals surface area contributed by atoms with Gasteiger partial charge in [-0.15, -0.1) is 13.2 Å². The van der Waals surface area contributed by atoms with Crippen LogP contribution in [-0.2, 0) is 4.74 Å². The molecule has 0 aromatic carbocycles. The Bertz CT molecular complexity index is 665. The lowest BCUT2D eigenvalue weighted by molar-refractivity contribution is -0.0208. The Kier molecular flexibility index (Phi) is 4.98. The zero-order valence-electron chi connectivity index (χ0n) is 12.0. The number of aliphatic hydroxyl groups excluding tert-OH is 1. The molecule has 2 rings (SSSR count). The van der Waals surface area contributed by atoms with Gasteiger partial charge in [-0.1, -0.05) is 15.9 Å². The maximum atomic E-state index is 11.8. The highest BCUT2D eigenvalue weighted by Gasteiger charge is 2.43. The van der Waals surface area contributed by atoms with Gasteiger partial charge >= 0.3 is 5.69 Å². The van der Waals surface area contributed by atoms with Crippen molar-refractivity contribution < 1.29 is 9.84 Å². The van der Waals surface area contributed by atoms with Crippen molar-refractivity contribution >= 4 is 29.1 Å². The van der Waals surface area contributed by atoms with Gasteiger partial charge in [0.25, 0.3) is 5.56 Å². The summed E-state index contributed by atoms with van der Waals surface area (Å²) in [7, 11) is 0. The van der Waals surface area contributed by atoms with Gasteiger partial charge in [0.05, 0.1) is 17.0 Å². The van der Waals surface area contributed by atoms with Gasteiger partial charge in [0, 0.05) is 12.3 Å². The normalized spacial score (nSPS) is 29.7. The standard InChI is InChI=1S/C13H20BrN2O4P/c1-21(2,3)7-5-8-11(18)10(14)12(20-8)16-6-4-9(17)15-13(16)19/h4,6,8,10-12,18H,1,5,7H2,2-3H3,(H,15,17,19)/t8-,10-,11-,12-/m1/s1. The zero-order chi connectivity index (χ0) is 15.8. The Hall–Kier alpha value is -0.620. The van der Waals surface area contributed by atoms with Crippen LogP contribution < -0.4 is 11.2 Å². The Morgan fingerprint density at radius 2 is 2.19 bits per heavy atom. The molecule has 0 saturated carbocycles. The lowest BCUT2D eigenvalue weighted by Crippen LogP contribution is -2.35. The van der Waals surface area contributed by atoms with Crippen molar-refractivity contribution in [1.82, 2.24) is 9.55 Å². The summed E-state index contributed by atoms with van der Waals surface area (Å²) in [5, 5.41) is 10.3. The maximum Gasteiger partial charge on any atom is 0.330 e. The monoisotopic (exact) mass is 378 g/mol. The average molecular weight is 379 g/mol. The van der Waals surface area contributed by atoms with E-state index >= 15 is 0 Å². The van der Waals surface area contributed by atoms with Crippen LogP contribution >= 0.6 is 22.8 Å². The predicted octanol–water partition coefficient (Wildman–Crippen LogP) is 0.658. The molecule has 6 nitrogen and oxygen atoms in total. The summed E-state index contributed by atoms with van der Waals surface area (Å²) < 4.78 is 7.11. The van der Waals surface area contributed by atoms with E-state index in [1.807, 2.05) is 0 Å². The molecule has 118 valence electrons. The topological polar surface area (TPSA) is 84.3 Å². The summed E-state index contributed by atoms with van der Waals surface area (Å²) in [5.74, 6) is 0. The molecular weight excluding hydrogens is 359 g/mol. The third-order valence-electron chi connectivity index (χ3n) is 3.44. The summed E-state index contributed by atoms with van der Waals surface area (Å²) in [4.78, 5) is 24.7. The van der Waals surface area contributed by atoms with Crippen molar-refractivity contribution in [2.24, 2.45) is 0 Å². The molecule has 1 aromatic rings. The number of hydrogen-bond donors (Lipinski definition) is 2. The molecule has 1 aliphatic heterocycles. The van der Waals surface area contributed by atoms with E-state index in [0.717, 1.165) is 6.16 Å². The number of aromatic nitrogens is 2. The smallest absolute Gasteiger partial charge is 0.330 e. The van der Waals surface area contributed by atoms with Gasteiger partial charge in [0.15, 0.2) is 6.23 Å². The number of hydrogen-bond acceptors (Lipinski definition) is 4. The molecule has 1 aliphatic rings. The van der Waals surface area contributed by atoms with E-state index in [-0.39, 0.29) is 6.10 Å². The van der Waals surface area contributed by atoms with Gasteiger partial charge in [0.1, 0.15) is 0 Å². The van der Waals surface area contributed by atoms with Crippen LogP contribution in [0.3, 0.4) is 0 Å². The number of aliphatic hydroxyl groups is 1. The highest BCUT2D eigenvalue weighted by molar-refractivity contribution is 9.09. The fourth-order valence-corrected chi connectivity index (χ4v) is 3.94. The van der Waals surface area contributed by atoms with E-state index in [0.29, 0.717) is 6.42 Å². The molecule has 1 fully saturated rings. The van der Waals surface area contributed by atoms with E-state index in [4.69, 9.17) is 4.74 Å². The molecule has 2 N–H and O–H groups in total. The van der Waals surface area contributed by atoms with E-state index < -0.39 is 35.3 Å². The molecule has 1 saturated heterocycles. The molecule has 4 atom stereocenters. The Morgan fingerprint density at radius 1 is 1.52 bits per heavy atom. The summed E-state index contributed by atoms with van der Waals surface area (Å²) in [6.07, 6.45) is 5.43. The second-order valence-electron chi connectivity index (χ2n) is 5.97. The number of halogens is 1. The molecule has 0 bridgehead atoms. The summed E-state index contributed by atoms with van der Waals surface area (Å²) in [5.41, 5.74) is -1.00. The molecule has 0 unspecified atom stereocenters. The van der Waals surface area contributed by atoms with E-state index in [1.54, 1.807) is 0 Å². The number of nitrogens with zero attached hydrogens (tertiary/aromatic N) is 1. The highest BCUT2D eigenvalue weighted by atomic mass is 79.9. The predicted molar refractivity (Wildman–Crippen MR) is 89.3 cm³/mol. The van der Waals surface area contributed by atoms with Crippen molar-refractivity contribution in [3.8, 4) is 0 Å². The minimum Gasteiger partial charge on any atom is -0.389 e. The molecule has 8 heteroatoms. The van der Waals surface area contributed by atoms with Crippen molar-refractivity contribution in [3.05, 3.63) is 33.1 Å². The van der Waals surface area contributed by atoms with Gasteiger partial charge in [-0.2, -0.15) is 0 Å². The second-order valence-corrected chi connectivity index (χ2v) is 11.3. The van der Waals surface area contributed by atoms with Crippen LogP contribution in [0.5, 0.6) is 0 Å². The first kappa shape index (κ1) is 16.7. The van der Waals surface area contributed by atoms with Crippen LogP contribution in [0, 0.1) is 0 Å². The first-order chi connectivity index (χ1) is 9.69. The number of nitrogens with one attached hydrogen (secondary N) is 1. The van der Waals surface area contributed by atoms with Crippen LogP contribution in [0.2, 0.25) is 0 Å². The minimum absolute atomic E-state index is 0.348. The fraction of sp³-hybridized carbons (Fsp3) is 0.615. The van der Waals surface area contributed by atoms with Crippen LogP contribution in [0.25, 0.3) is 0 Å². The first-order valence-electron chi connectivity index (χ1n) is 6.65. The average Bonchev–Trinajstić information content (AvgIpc) is 2.64. The van der Waals surface area contributed by atoms with Crippen molar-refractivity contribution in [2.45, 2.75) is 29.7 Å². The molecule has 1 aromatic heterocycles. The summed E-state index contributed by atoms with van der Waals surface area (Å²) >= 11 is 3.39. The molecule has 0 spiro atoms. The Balaban J connectivity index is 2.18. The molecule has 21 heavy (non-hydrogen) atoms. The van der Waals surface area contributed by atoms with Gasteiger partial charge in [-0.25, -0.2) is 4.79 Å². The second kappa shape index (κ2) is 6.24. The van der Waals surface area contributed by atoms with Gasteiger partial charge in [0.2, 0.25) is 0 Å². The number of aromatic amines is 1. The van der Waals surface area contributed by atoms with Crippen LogP contribution in [0.4, 0.5) is 0 Å². The Labute approximate surface area is 131 Å². The lowest BCUT2D eigenvalue weighted by atomic mass is 10.1. The number of H-pyrrole nitrogens is 1. The SMILES string of the molecule is C=P(C)(C)CC[C@H]1O[C@@H](n2ccc(=O)[nH]c2=O)[C@H](Br)[C@@H]1O. The van der Waals surface area contributed by atoms with E-state index in [1.165, 1.54) is 16.8 Å².